The molecule has 0 N–H and O–H groups in total. The average molecular weight is 687 g/mol. The van der Waals surface area contributed by atoms with E-state index in [1.165, 1.54) is 11.1 Å². The lowest BCUT2D eigenvalue weighted by Crippen LogP contribution is -2.52. The minimum atomic E-state index is -1.99. The summed E-state index contributed by atoms with van der Waals surface area (Å²) >= 11 is 13.2. The molecule has 4 unspecified atom stereocenters. The highest BCUT2D eigenvalue weighted by Gasteiger charge is 2.46. The maximum Gasteiger partial charge on any atom is 0.339 e. The quantitative estimate of drug-likeness (QED) is 0.141. The summed E-state index contributed by atoms with van der Waals surface area (Å²) in [5.41, 5.74) is 3.73. The van der Waals surface area contributed by atoms with Crippen molar-refractivity contribution in [1.29, 1.82) is 0 Å². The molecule has 2 aromatic rings. The number of fused-ring (bicyclic) bond motifs is 3. The van der Waals surface area contributed by atoms with Gasteiger partial charge in [0.25, 0.3) is 0 Å². The number of benzene rings is 2. The van der Waals surface area contributed by atoms with Crippen LogP contribution in [0.4, 0.5) is 5.69 Å². The van der Waals surface area contributed by atoms with Gasteiger partial charge in [-0.2, -0.15) is 0 Å². The Balaban J connectivity index is 1.52. The summed E-state index contributed by atoms with van der Waals surface area (Å²) < 4.78 is 19.2. The molecule has 0 bridgehead atoms. The maximum atomic E-state index is 13.0. The number of hydrogen-bond donors (Lipinski definition) is 0. The van der Waals surface area contributed by atoms with Crippen LogP contribution in [-0.4, -0.2) is 46.7 Å². The third-order valence-electron chi connectivity index (χ3n) is 11.0. The van der Waals surface area contributed by atoms with E-state index in [1.54, 1.807) is 0 Å². The van der Waals surface area contributed by atoms with Gasteiger partial charge in [-0.15, -0.1) is 0 Å². The Morgan fingerprint density at radius 1 is 1.17 bits per heavy atom. The summed E-state index contributed by atoms with van der Waals surface area (Å²) in [5, 5.41) is 1.27. The van der Waals surface area contributed by atoms with Crippen LogP contribution >= 0.6 is 23.2 Å². The van der Waals surface area contributed by atoms with E-state index in [-0.39, 0.29) is 16.6 Å². The van der Waals surface area contributed by atoms with E-state index in [0.717, 1.165) is 74.5 Å². The zero-order valence-corrected chi connectivity index (χ0v) is 31.4. The lowest BCUT2D eigenvalue weighted by atomic mass is 9.68. The van der Waals surface area contributed by atoms with Crippen molar-refractivity contribution in [2.45, 2.75) is 109 Å². The number of carbonyl (C=O) groups is 1. The number of rotatable bonds is 10. The number of anilines is 1. The molecule has 5 rings (SSSR count). The first-order valence-corrected chi connectivity index (χ1v) is 21.0. The van der Waals surface area contributed by atoms with Gasteiger partial charge < -0.3 is 18.8 Å². The van der Waals surface area contributed by atoms with Crippen molar-refractivity contribution in [1.82, 2.24) is 0 Å². The van der Waals surface area contributed by atoms with Gasteiger partial charge in [0, 0.05) is 29.6 Å². The monoisotopic (exact) mass is 685 g/mol. The van der Waals surface area contributed by atoms with Crippen molar-refractivity contribution in [3.05, 3.63) is 69.2 Å². The minimum absolute atomic E-state index is 0.0979. The molecule has 46 heavy (non-hydrogen) atoms. The number of carbonyl (C=O) groups excluding carboxylic acids is 1. The molecule has 0 radical (unpaired) electrons. The maximum absolute atomic E-state index is 13.0. The number of ether oxygens (including phenoxy) is 2. The molecule has 0 saturated heterocycles. The van der Waals surface area contributed by atoms with Crippen LogP contribution in [0, 0.1) is 11.8 Å². The molecule has 1 aliphatic heterocycles. The first-order valence-electron chi connectivity index (χ1n) is 17.3. The fraction of sp³-hybridized carbons (Fsp3) is 0.605. The Bertz CT molecular complexity index is 1440. The van der Waals surface area contributed by atoms with Crippen LogP contribution in [0.3, 0.4) is 0 Å². The minimum Gasteiger partial charge on any atom is -0.490 e. The standard InChI is InChI=1S/C38H53Cl2NO4Si/c1-8-10-11-14-34(45-46(6,7)37(3,4)5)29-17-15-27(29)23-41-24-38(19-12-13-26-20-28(39)16-18-31(26)38)25-44-35-22-32(40)30(21-33(35)41)36(42)43-9-2/h11,14,16,18,20-22,27,29,34H,8-10,12-13,15,17,19,23-25H2,1-7H3/b14-11+. The molecule has 2 aliphatic carbocycles. The van der Waals surface area contributed by atoms with Gasteiger partial charge in [-0.3, -0.25) is 0 Å². The first kappa shape index (κ1) is 35.3. The average Bonchev–Trinajstić information content (AvgIpc) is 3.11. The molecule has 1 saturated carbocycles. The van der Waals surface area contributed by atoms with Gasteiger partial charge >= 0.3 is 5.97 Å². The summed E-state index contributed by atoms with van der Waals surface area (Å²) in [6.07, 6.45) is 12.4. The molecule has 3 aliphatic rings. The topological polar surface area (TPSA) is 48.0 Å². The fourth-order valence-corrected chi connectivity index (χ4v) is 8.93. The third-order valence-corrected chi connectivity index (χ3v) is 16.0. The van der Waals surface area contributed by atoms with Crippen molar-refractivity contribution >= 4 is 43.2 Å². The van der Waals surface area contributed by atoms with Gasteiger partial charge in [0.15, 0.2) is 8.32 Å². The largest absolute Gasteiger partial charge is 0.490 e. The van der Waals surface area contributed by atoms with Crippen LogP contribution < -0.4 is 9.64 Å². The summed E-state index contributed by atoms with van der Waals surface area (Å²) in [6.45, 7) is 18.2. The molecule has 1 spiro atoms. The Morgan fingerprint density at radius 3 is 2.63 bits per heavy atom. The predicted molar refractivity (Wildman–Crippen MR) is 194 cm³/mol. The van der Waals surface area contributed by atoms with Gasteiger partial charge in [-0.25, -0.2) is 4.79 Å². The molecular formula is C38H53Cl2NO4Si. The summed E-state index contributed by atoms with van der Waals surface area (Å²) in [7, 11) is -1.99. The Labute approximate surface area is 288 Å². The number of aryl methyl sites for hydroxylation is 1. The van der Waals surface area contributed by atoms with Crippen molar-refractivity contribution in [2.24, 2.45) is 11.8 Å². The van der Waals surface area contributed by atoms with E-state index >= 15 is 0 Å². The van der Waals surface area contributed by atoms with Crippen molar-refractivity contribution < 1.29 is 18.7 Å². The number of esters is 1. The van der Waals surface area contributed by atoms with E-state index < -0.39 is 14.3 Å². The zero-order valence-electron chi connectivity index (χ0n) is 28.9. The second kappa shape index (κ2) is 14.2. The van der Waals surface area contributed by atoms with Crippen molar-refractivity contribution in [3.63, 3.8) is 0 Å². The number of hydrogen-bond acceptors (Lipinski definition) is 5. The number of halogens is 2. The van der Waals surface area contributed by atoms with Gasteiger partial charge in [-0.05, 0) is 105 Å². The van der Waals surface area contributed by atoms with E-state index in [1.807, 2.05) is 25.1 Å². The second-order valence-corrected chi connectivity index (χ2v) is 20.8. The molecule has 1 heterocycles. The molecule has 0 aromatic heterocycles. The normalized spacial score (nSPS) is 23.7. The van der Waals surface area contributed by atoms with Gasteiger partial charge in [0.05, 0.1) is 35.6 Å². The molecular weight excluding hydrogens is 633 g/mol. The molecule has 2 aromatic carbocycles. The highest BCUT2D eigenvalue weighted by molar-refractivity contribution is 6.74. The molecule has 5 nitrogen and oxygen atoms in total. The van der Waals surface area contributed by atoms with E-state index in [4.69, 9.17) is 37.1 Å². The van der Waals surface area contributed by atoms with Gasteiger partial charge in [0.2, 0.25) is 0 Å². The second-order valence-electron chi connectivity index (χ2n) is 15.2. The smallest absolute Gasteiger partial charge is 0.339 e. The number of nitrogens with zero attached hydrogens (tertiary/aromatic N) is 1. The SMILES string of the molecule is CCC/C=C/C(O[Si](C)(C)C(C)(C)C)C1CCC1CN1CC2(CCCc3cc(Cl)ccc32)COc2cc(Cl)c(C(=O)OCC)cc21. The zero-order chi connectivity index (χ0) is 33.3. The van der Waals surface area contributed by atoms with Crippen LogP contribution in [0.5, 0.6) is 5.75 Å². The Hall–Kier alpha value is -1.99. The highest BCUT2D eigenvalue weighted by Crippen LogP contribution is 2.49. The third kappa shape index (κ3) is 7.35. The van der Waals surface area contributed by atoms with E-state index in [9.17, 15) is 4.79 Å². The number of allylic oxidation sites excluding steroid dienone is 1. The molecule has 4 atom stereocenters. The van der Waals surface area contributed by atoms with E-state index in [0.29, 0.717) is 35.6 Å². The van der Waals surface area contributed by atoms with Crippen LogP contribution in [0.15, 0.2) is 42.5 Å². The highest BCUT2D eigenvalue weighted by atomic mass is 35.5. The lowest BCUT2D eigenvalue weighted by molar-refractivity contribution is 0.0524. The lowest BCUT2D eigenvalue weighted by Gasteiger charge is -2.48. The Kier molecular flexibility index (Phi) is 10.9. The molecule has 252 valence electrons. The Morgan fingerprint density at radius 2 is 1.96 bits per heavy atom. The molecule has 0 amide bonds. The predicted octanol–water partition coefficient (Wildman–Crippen LogP) is 10.4. The first-order chi connectivity index (χ1) is 21.8. The van der Waals surface area contributed by atoms with Crippen LogP contribution in [0.1, 0.15) is 94.6 Å². The summed E-state index contributed by atoms with van der Waals surface area (Å²) in [5.74, 6) is 1.19. The van der Waals surface area contributed by atoms with Crippen LogP contribution in [0.25, 0.3) is 0 Å². The van der Waals surface area contributed by atoms with E-state index in [2.05, 4.69) is 70.0 Å². The van der Waals surface area contributed by atoms with Crippen molar-refractivity contribution in [3.8, 4) is 5.75 Å². The summed E-state index contributed by atoms with van der Waals surface area (Å²) in [4.78, 5) is 15.5. The summed E-state index contributed by atoms with van der Waals surface area (Å²) in [6, 6.07) is 10.1. The van der Waals surface area contributed by atoms with Crippen LogP contribution in [-0.2, 0) is 21.0 Å². The van der Waals surface area contributed by atoms with Gasteiger partial charge in [-0.1, -0.05) is 75.5 Å². The number of unbranched alkanes of at least 4 members (excludes halogenated alkanes) is 1. The molecule has 1 fully saturated rings. The van der Waals surface area contributed by atoms with Gasteiger partial charge in [0.1, 0.15) is 5.75 Å². The van der Waals surface area contributed by atoms with Crippen molar-refractivity contribution in [2.75, 3.05) is 31.2 Å². The fourth-order valence-electron chi connectivity index (χ4n) is 7.22. The molecule has 8 heteroatoms. The van der Waals surface area contributed by atoms with Crippen LogP contribution in [0.2, 0.25) is 28.2 Å².